The molecular formula is C24H33FN4O6. The van der Waals surface area contributed by atoms with Crippen LogP contribution in [0, 0.1) is 11.7 Å². The van der Waals surface area contributed by atoms with Crippen molar-refractivity contribution in [2.45, 2.75) is 71.3 Å². The number of fused-ring (bicyclic) bond motifs is 1. The normalized spacial score (nSPS) is 24.5. The minimum atomic E-state index is -1.57. The molecule has 1 aromatic carbocycles. The first kappa shape index (κ1) is 26.4. The van der Waals surface area contributed by atoms with E-state index in [2.05, 4.69) is 4.99 Å². The van der Waals surface area contributed by atoms with Gasteiger partial charge in [-0.25, -0.2) is 19.0 Å². The van der Waals surface area contributed by atoms with Crippen molar-refractivity contribution < 1.29 is 33.0 Å². The number of carbonyl (C=O) groups is 3. The van der Waals surface area contributed by atoms with Crippen molar-refractivity contribution in [1.29, 1.82) is 0 Å². The van der Waals surface area contributed by atoms with E-state index < -0.39 is 52.7 Å². The van der Waals surface area contributed by atoms with Gasteiger partial charge in [-0.05, 0) is 66.7 Å². The van der Waals surface area contributed by atoms with Crippen LogP contribution in [0.15, 0.2) is 23.2 Å². The molecule has 0 radical (unpaired) electrons. The van der Waals surface area contributed by atoms with Gasteiger partial charge in [-0.1, -0.05) is 0 Å². The van der Waals surface area contributed by atoms with Gasteiger partial charge in [0.15, 0.2) is 0 Å². The van der Waals surface area contributed by atoms with Crippen molar-refractivity contribution in [3.8, 4) is 0 Å². The summed E-state index contributed by atoms with van der Waals surface area (Å²) in [5, 5.41) is 0. The summed E-state index contributed by atoms with van der Waals surface area (Å²) in [5.41, 5.74) is 2.70. The number of hydrogen-bond acceptors (Lipinski definition) is 8. The molecule has 1 saturated heterocycles. The van der Waals surface area contributed by atoms with Crippen molar-refractivity contribution in [2.24, 2.45) is 10.9 Å². The summed E-state index contributed by atoms with van der Waals surface area (Å²) in [6.45, 7) is 11.3. The highest BCUT2D eigenvalue weighted by Crippen LogP contribution is 2.47. The van der Waals surface area contributed by atoms with Crippen molar-refractivity contribution in [3.05, 3.63) is 29.6 Å². The van der Waals surface area contributed by atoms with Crippen molar-refractivity contribution in [3.63, 3.8) is 0 Å². The molecule has 0 bridgehead atoms. The van der Waals surface area contributed by atoms with Gasteiger partial charge in [-0.15, -0.1) is 4.90 Å². The number of aliphatic imine (C=N–C) groups is 1. The van der Waals surface area contributed by atoms with Gasteiger partial charge in [0, 0.05) is 18.3 Å². The predicted octanol–water partition coefficient (Wildman–Crippen LogP) is 3.64. The second-order valence-electron chi connectivity index (χ2n) is 10.8. The monoisotopic (exact) mass is 492 g/mol. The Balaban J connectivity index is 2.26. The second kappa shape index (κ2) is 8.78. The summed E-state index contributed by atoms with van der Waals surface area (Å²) in [6.07, 6.45) is -2.81. The Labute approximate surface area is 204 Å². The third-order valence-electron chi connectivity index (χ3n) is 5.56. The second-order valence-corrected chi connectivity index (χ2v) is 10.8. The van der Waals surface area contributed by atoms with E-state index in [1.54, 1.807) is 48.5 Å². The fraction of sp³-hybridized carbons (Fsp3) is 0.583. The molecule has 10 nitrogen and oxygen atoms in total. The van der Waals surface area contributed by atoms with Crippen molar-refractivity contribution in [1.82, 2.24) is 9.80 Å². The minimum absolute atomic E-state index is 0.0270. The molecule has 0 spiro atoms. The number of nitrogens with zero attached hydrogens (tertiary/aromatic N) is 3. The van der Waals surface area contributed by atoms with Crippen LogP contribution in [0.2, 0.25) is 0 Å². The molecule has 0 saturated carbocycles. The number of ether oxygens (including phenoxy) is 3. The fourth-order valence-electron chi connectivity index (χ4n) is 4.13. The molecular weight excluding hydrogens is 459 g/mol. The van der Waals surface area contributed by atoms with Gasteiger partial charge in [0.25, 0.3) is 0 Å². The van der Waals surface area contributed by atoms with Gasteiger partial charge < -0.3 is 19.9 Å². The maximum absolute atomic E-state index is 15.1. The zero-order valence-electron chi connectivity index (χ0n) is 21.3. The number of rotatable bonds is 1. The van der Waals surface area contributed by atoms with E-state index in [0.717, 1.165) is 4.90 Å². The number of imide groups is 1. The van der Waals surface area contributed by atoms with Crippen LogP contribution in [0.25, 0.3) is 0 Å². The number of anilines is 1. The summed E-state index contributed by atoms with van der Waals surface area (Å²) < 4.78 is 31.8. The number of hydrogen-bond donors (Lipinski definition) is 1. The smallest absolute Gasteiger partial charge is 0.427 e. The zero-order valence-corrected chi connectivity index (χ0v) is 21.3. The van der Waals surface area contributed by atoms with Gasteiger partial charge in [0.2, 0.25) is 11.9 Å². The van der Waals surface area contributed by atoms with Crippen molar-refractivity contribution >= 4 is 29.7 Å². The molecule has 11 heteroatoms. The van der Waals surface area contributed by atoms with Crippen LogP contribution in [-0.2, 0) is 24.5 Å². The van der Waals surface area contributed by atoms with Gasteiger partial charge in [-0.3, -0.25) is 9.69 Å². The molecule has 3 unspecified atom stereocenters. The highest BCUT2D eigenvalue weighted by Gasteiger charge is 2.59. The Morgan fingerprint density at radius 1 is 1.17 bits per heavy atom. The molecule has 1 fully saturated rings. The molecule has 35 heavy (non-hydrogen) atoms. The van der Waals surface area contributed by atoms with Gasteiger partial charge in [0.05, 0.1) is 18.6 Å². The highest BCUT2D eigenvalue weighted by atomic mass is 19.1. The molecule has 2 aliphatic heterocycles. The Kier molecular flexibility index (Phi) is 6.62. The van der Waals surface area contributed by atoms with Crippen LogP contribution in [0.1, 0.15) is 54.0 Å². The number of amides is 3. The fourth-order valence-corrected chi connectivity index (χ4v) is 4.13. The largest absolute Gasteiger partial charge is 0.443 e. The molecule has 2 N–H and O–H groups in total. The van der Waals surface area contributed by atoms with Crippen molar-refractivity contribution in [2.75, 3.05) is 19.4 Å². The van der Waals surface area contributed by atoms with Crippen LogP contribution in [-0.4, -0.2) is 64.8 Å². The first-order valence-electron chi connectivity index (χ1n) is 11.3. The van der Waals surface area contributed by atoms with E-state index in [1.165, 1.54) is 25.2 Å². The number of nitrogens with two attached hydrogens (primary N) is 1. The minimum Gasteiger partial charge on any atom is -0.443 e. The maximum Gasteiger partial charge on any atom is 0.427 e. The molecule has 1 aromatic rings. The molecule has 3 atom stereocenters. The average molecular weight is 493 g/mol. The Bertz CT molecular complexity index is 1050. The Morgan fingerprint density at radius 2 is 1.71 bits per heavy atom. The Hall–Kier alpha value is -3.21. The van der Waals surface area contributed by atoms with Crippen LogP contribution >= 0.6 is 0 Å². The van der Waals surface area contributed by atoms with Crippen LogP contribution in [0.3, 0.4) is 0 Å². The van der Waals surface area contributed by atoms with Gasteiger partial charge in [-0.2, -0.15) is 0 Å². The van der Waals surface area contributed by atoms with E-state index in [4.69, 9.17) is 19.9 Å². The average Bonchev–Trinajstić information content (AvgIpc) is 3.02. The standard InChI is InChI=1S/C24H33FN4O6/c1-13-17-18(30)28(8)19(27-24(17,12-33-13)15-11-14(26)9-10-16(15)25)29(20(31)34-22(2,3)4)21(32)35-23(5,6)7/h9-11,13,17H,12,26H2,1-8H3. The summed E-state index contributed by atoms with van der Waals surface area (Å²) >= 11 is 0. The molecule has 3 rings (SSSR count). The summed E-state index contributed by atoms with van der Waals surface area (Å²) in [4.78, 5) is 46.3. The lowest BCUT2D eigenvalue weighted by Gasteiger charge is -2.41. The first-order chi connectivity index (χ1) is 16.0. The number of halogens is 1. The number of nitrogen functional groups attached to an aromatic ring is 1. The highest BCUT2D eigenvalue weighted by molar-refractivity contribution is 6.13. The lowest BCUT2D eigenvalue weighted by Crippen LogP contribution is -2.60. The number of guanidine groups is 1. The van der Waals surface area contributed by atoms with Gasteiger partial charge >= 0.3 is 12.2 Å². The quantitative estimate of drug-likeness (QED) is 0.594. The lowest BCUT2D eigenvalue weighted by molar-refractivity contribution is -0.135. The SMILES string of the molecule is CC1OCC2(c3cc(N)ccc3F)N=C(N(C(=O)OC(C)(C)C)C(=O)OC(C)(C)C)N(C)C(=O)C12. The third kappa shape index (κ3) is 5.09. The molecule has 3 amide bonds. The van der Waals surface area contributed by atoms with E-state index in [1.807, 2.05) is 0 Å². The van der Waals surface area contributed by atoms with E-state index in [0.29, 0.717) is 4.90 Å². The predicted molar refractivity (Wildman–Crippen MR) is 126 cm³/mol. The van der Waals surface area contributed by atoms with Crippen LogP contribution in [0.4, 0.5) is 19.7 Å². The van der Waals surface area contributed by atoms with E-state index in [9.17, 15) is 14.4 Å². The van der Waals surface area contributed by atoms with Crippen LogP contribution < -0.4 is 5.73 Å². The Morgan fingerprint density at radius 3 is 2.23 bits per heavy atom. The topological polar surface area (TPSA) is 124 Å². The maximum atomic E-state index is 15.1. The molecule has 0 aromatic heterocycles. The number of carbonyl (C=O) groups excluding carboxylic acids is 3. The van der Waals surface area contributed by atoms with Gasteiger partial charge in [0.1, 0.15) is 22.6 Å². The molecule has 0 aliphatic carbocycles. The summed E-state index contributed by atoms with van der Waals surface area (Å²) in [7, 11) is 1.37. The summed E-state index contributed by atoms with van der Waals surface area (Å²) in [5.74, 6) is -2.46. The first-order valence-corrected chi connectivity index (χ1v) is 11.3. The molecule has 192 valence electrons. The molecule has 2 heterocycles. The van der Waals surface area contributed by atoms with Crippen LogP contribution in [0.5, 0.6) is 0 Å². The van der Waals surface area contributed by atoms with E-state index >= 15 is 4.39 Å². The zero-order chi connectivity index (χ0) is 26.5. The third-order valence-corrected chi connectivity index (χ3v) is 5.56. The molecule has 2 aliphatic rings. The lowest BCUT2D eigenvalue weighted by atomic mass is 9.76. The summed E-state index contributed by atoms with van der Waals surface area (Å²) in [6, 6.07) is 3.95. The van der Waals surface area contributed by atoms with E-state index in [-0.39, 0.29) is 23.8 Å². The number of benzene rings is 1.